The van der Waals surface area contributed by atoms with E-state index in [9.17, 15) is 18.9 Å². The zero-order chi connectivity index (χ0) is 11.6. The molecule has 0 radical (unpaired) electrons. The molecule has 82 valence electrons. The maximum atomic E-state index is 13.2. The lowest BCUT2D eigenvalue weighted by molar-refractivity contribution is -0.387. The van der Waals surface area contributed by atoms with Gasteiger partial charge in [-0.25, -0.2) is 0 Å². The van der Waals surface area contributed by atoms with Crippen LogP contribution in [0.2, 0.25) is 0 Å². The number of aliphatic hydroxyl groups excluding tert-OH is 1. The van der Waals surface area contributed by atoms with Crippen molar-refractivity contribution in [2.24, 2.45) is 0 Å². The number of alkyl halides is 2. The molecule has 0 saturated carbocycles. The van der Waals surface area contributed by atoms with Gasteiger partial charge in [-0.1, -0.05) is 12.1 Å². The van der Waals surface area contributed by atoms with Crippen molar-refractivity contribution in [3.63, 3.8) is 0 Å². The summed E-state index contributed by atoms with van der Waals surface area (Å²) < 4.78 is 26.4. The second-order valence-corrected chi connectivity index (χ2v) is 3.09. The first-order chi connectivity index (χ1) is 6.90. The van der Waals surface area contributed by atoms with Crippen LogP contribution in [-0.2, 0) is 5.92 Å². The molecule has 0 atom stereocenters. The second kappa shape index (κ2) is 3.90. The summed E-state index contributed by atoms with van der Waals surface area (Å²) >= 11 is 0. The number of nitro benzene ring substituents is 1. The van der Waals surface area contributed by atoms with Crippen LogP contribution in [0.15, 0.2) is 18.2 Å². The van der Waals surface area contributed by atoms with E-state index in [0.717, 1.165) is 6.07 Å². The van der Waals surface area contributed by atoms with Gasteiger partial charge in [-0.15, -0.1) is 0 Å². The predicted octanol–water partition coefficient (Wildman–Crippen LogP) is 1.99. The third kappa shape index (κ3) is 2.10. The molecule has 6 heteroatoms. The zero-order valence-corrected chi connectivity index (χ0v) is 7.91. The number of hydrogen-bond donors (Lipinski definition) is 1. The van der Waals surface area contributed by atoms with Crippen molar-refractivity contribution in [1.29, 1.82) is 0 Å². The molecule has 1 aromatic rings. The van der Waals surface area contributed by atoms with Crippen LogP contribution < -0.4 is 0 Å². The number of hydrogen-bond acceptors (Lipinski definition) is 3. The summed E-state index contributed by atoms with van der Waals surface area (Å²) in [6, 6.07) is 3.65. The van der Waals surface area contributed by atoms with E-state index < -0.39 is 28.7 Å². The monoisotopic (exact) mass is 217 g/mol. The Hall–Kier alpha value is -1.56. The Labute approximate surface area is 84.3 Å². The van der Waals surface area contributed by atoms with Gasteiger partial charge in [-0.3, -0.25) is 10.1 Å². The standard InChI is InChI=1S/C9H9F2NO3/c1-6-3-2-4-7(12(14)15)8(6)9(10,11)5-13/h2-4,13H,5H2,1H3. The van der Waals surface area contributed by atoms with Crippen LogP contribution in [0.4, 0.5) is 14.5 Å². The Morgan fingerprint density at radius 1 is 1.53 bits per heavy atom. The molecule has 0 unspecified atom stereocenters. The lowest BCUT2D eigenvalue weighted by atomic mass is 10.0. The molecule has 0 fully saturated rings. The molecule has 0 amide bonds. The van der Waals surface area contributed by atoms with Gasteiger partial charge in [-0.05, 0) is 12.5 Å². The van der Waals surface area contributed by atoms with Crippen LogP contribution in [-0.4, -0.2) is 16.6 Å². The highest BCUT2D eigenvalue weighted by atomic mass is 19.3. The highest BCUT2D eigenvalue weighted by Crippen LogP contribution is 2.36. The van der Waals surface area contributed by atoms with Gasteiger partial charge in [0.1, 0.15) is 12.2 Å². The summed E-state index contributed by atoms with van der Waals surface area (Å²) in [4.78, 5) is 9.64. The Morgan fingerprint density at radius 3 is 2.60 bits per heavy atom. The van der Waals surface area contributed by atoms with E-state index in [-0.39, 0.29) is 5.56 Å². The normalized spacial score (nSPS) is 11.5. The van der Waals surface area contributed by atoms with Gasteiger partial charge >= 0.3 is 5.92 Å². The highest BCUT2D eigenvalue weighted by Gasteiger charge is 2.38. The number of aryl methyl sites for hydroxylation is 1. The minimum absolute atomic E-state index is 0.0863. The molecule has 0 spiro atoms. The molecule has 0 aliphatic heterocycles. The molecule has 0 aliphatic carbocycles. The molecule has 0 aromatic heterocycles. The SMILES string of the molecule is Cc1cccc([N+](=O)[O-])c1C(F)(F)CO. The van der Waals surface area contributed by atoms with Crippen molar-refractivity contribution in [3.05, 3.63) is 39.4 Å². The molecule has 4 nitrogen and oxygen atoms in total. The van der Waals surface area contributed by atoms with E-state index in [4.69, 9.17) is 5.11 Å². The Bertz CT molecular complexity index is 393. The first kappa shape index (κ1) is 11.5. The molecular formula is C9H9F2NO3. The van der Waals surface area contributed by atoms with Crippen LogP contribution in [0.25, 0.3) is 0 Å². The molecule has 0 bridgehead atoms. The summed E-state index contributed by atoms with van der Waals surface area (Å²) in [6.07, 6.45) is 0. The molecule has 1 aromatic carbocycles. The maximum Gasteiger partial charge on any atom is 0.302 e. The van der Waals surface area contributed by atoms with Crippen LogP contribution in [0, 0.1) is 17.0 Å². The largest absolute Gasteiger partial charge is 0.390 e. The van der Waals surface area contributed by atoms with E-state index >= 15 is 0 Å². The fourth-order valence-corrected chi connectivity index (χ4v) is 1.36. The molecule has 0 heterocycles. The lowest BCUT2D eigenvalue weighted by Crippen LogP contribution is -2.21. The van der Waals surface area contributed by atoms with Crippen LogP contribution in [0.5, 0.6) is 0 Å². The summed E-state index contributed by atoms with van der Waals surface area (Å²) in [7, 11) is 0. The van der Waals surface area contributed by atoms with E-state index in [0.29, 0.717) is 0 Å². The summed E-state index contributed by atoms with van der Waals surface area (Å²) in [5.74, 6) is -3.59. The first-order valence-electron chi connectivity index (χ1n) is 4.13. The average molecular weight is 217 g/mol. The Balaban J connectivity index is 3.44. The van der Waals surface area contributed by atoms with Gasteiger partial charge in [0, 0.05) is 6.07 Å². The third-order valence-electron chi connectivity index (χ3n) is 2.01. The Kier molecular flexibility index (Phi) is 2.99. The van der Waals surface area contributed by atoms with Gasteiger partial charge in [-0.2, -0.15) is 8.78 Å². The number of nitro groups is 1. The number of aliphatic hydroxyl groups is 1. The number of nitrogens with zero attached hydrogens (tertiary/aromatic N) is 1. The molecule has 0 saturated heterocycles. The summed E-state index contributed by atoms with van der Waals surface area (Å²) in [5.41, 5.74) is -1.31. The van der Waals surface area contributed by atoms with Crippen molar-refractivity contribution >= 4 is 5.69 Å². The Morgan fingerprint density at radius 2 is 2.13 bits per heavy atom. The minimum Gasteiger partial charge on any atom is -0.390 e. The van der Waals surface area contributed by atoms with Crippen LogP contribution in [0.3, 0.4) is 0 Å². The molecule has 15 heavy (non-hydrogen) atoms. The van der Waals surface area contributed by atoms with Crippen molar-refractivity contribution in [3.8, 4) is 0 Å². The zero-order valence-electron chi connectivity index (χ0n) is 7.91. The maximum absolute atomic E-state index is 13.2. The third-order valence-corrected chi connectivity index (χ3v) is 2.01. The van der Waals surface area contributed by atoms with Crippen molar-refractivity contribution in [2.45, 2.75) is 12.8 Å². The van der Waals surface area contributed by atoms with Crippen molar-refractivity contribution in [2.75, 3.05) is 6.61 Å². The molecule has 0 aliphatic rings. The van der Waals surface area contributed by atoms with Crippen molar-refractivity contribution < 1.29 is 18.8 Å². The molecule has 1 N–H and O–H groups in total. The topological polar surface area (TPSA) is 63.4 Å². The number of rotatable bonds is 3. The van der Waals surface area contributed by atoms with E-state index in [1.807, 2.05) is 0 Å². The van der Waals surface area contributed by atoms with E-state index in [1.54, 1.807) is 0 Å². The number of halogens is 2. The molecule has 1 rings (SSSR count). The van der Waals surface area contributed by atoms with Gasteiger partial charge < -0.3 is 5.11 Å². The van der Waals surface area contributed by atoms with E-state index in [1.165, 1.54) is 19.1 Å². The molecular weight excluding hydrogens is 208 g/mol. The van der Waals surface area contributed by atoms with Crippen molar-refractivity contribution in [1.82, 2.24) is 0 Å². The average Bonchev–Trinajstić information content (AvgIpc) is 2.17. The fourth-order valence-electron chi connectivity index (χ4n) is 1.36. The van der Waals surface area contributed by atoms with Crippen LogP contribution in [0.1, 0.15) is 11.1 Å². The van der Waals surface area contributed by atoms with Gasteiger partial charge in [0.05, 0.1) is 4.92 Å². The summed E-state index contributed by atoms with van der Waals surface area (Å²) in [6.45, 7) is -0.107. The van der Waals surface area contributed by atoms with Gasteiger partial charge in [0.15, 0.2) is 0 Å². The van der Waals surface area contributed by atoms with E-state index in [2.05, 4.69) is 0 Å². The quantitative estimate of drug-likeness (QED) is 0.622. The van der Waals surface area contributed by atoms with Gasteiger partial charge in [0.25, 0.3) is 5.69 Å². The second-order valence-electron chi connectivity index (χ2n) is 3.09. The summed E-state index contributed by atoms with van der Waals surface area (Å²) in [5, 5.41) is 19.0. The fraction of sp³-hybridized carbons (Fsp3) is 0.333. The minimum atomic E-state index is -3.59. The first-order valence-corrected chi connectivity index (χ1v) is 4.13. The number of benzene rings is 1. The smallest absolute Gasteiger partial charge is 0.302 e. The predicted molar refractivity (Wildman–Crippen MR) is 48.8 cm³/mol. The van der Waals surface area contributed by atoms with Crippen LogP contribution >= 0.6 is 0 Å². The van der Waals surface area contributed by atoms with Gasteiger partial charge in [0.2, 0.25) is 0 Å². The highest BCUT2D eigenvalue weighted by molar-refractivity contribution is 5.47. The lowest BCUT2D eigenvalue weighted by Gasteiger charge is -2.15.